The summed E-state index contributed by atoms with van der Waals surface area (Å²) in [5.41, 5.74) is 0.785. The number of carbonyl (C=O) groups excluding carboxylic acids is 2. The first kappa shape index (κ1) is 25.7. The largest absolute Gasteiger partial charge is 0.494 e. The smallest absolute Gasteiger partial charge is 0.243 e. The number of hydrogen-bond donors (Lipinski definition) is 1. The highest BCUT2D eigenvalue weighted by Crippen LogP contribution is 2.17. The Morgan fingerprint density at radius 3 is 2.31 bits per heavy atom. The third-order valence-electron chi connectivity index (χ3n) is 4.99. The fourth-order valence-corrected chi connectivity index (χ4v) is 3.56. The molecular weight excluding hydrogens is 424 g/mol. The molecule has 1 unspecified atom stereocenters. The van der Waals surface area contributed by atoms with E-state index in [-0.39, 0.29) is 17.4 Å². The highest BCUT2D eigenvalue weighted by molar-refractivity contribution is 6.30. The van der Waals surface area contributed by atoms with E-state index in [2.05, 4.69) is 5.32 Å². The van der Waals surface area contributed by atoms with Gasteiger partial charge in [0.2, 0.25) is 11.8 Å². The lowest BCUT2D eigenvalue weighted by molar-refractivity contribution is -0.141. The molecule has 0 bridgehead atoms. The monoisotopic (exact) mass is 458 g/mol. The average Bonchev–Trinajstić information content (AvgIpc) is 2.74. The number of nitrogens with zero attached hydrogens (tertiary/aromatic N) is 1. The van der Waals surface area contributed by atoms with E-state index in [4.69, 9.17) is 16.3 Å². The van der Waals surface area contributed by atoms with Crippen LogP contribution in [0, 0.1) is 0 Å². The maximum atomic E-state index is 13.2. The predicted octanol–water partition coefficient (Wildman–Crippen LogP) is 5.26. The van der Waals surface area contributed by atoms with Crippen LogP contribution in [0.5, 0.6) is 5.75 Å². The number of ether oxygens (including phenoxy) is 1. The Kier molecular flexibility index (Phi) is 10.0. The van der Waals surface area contributed by atoms with E-state index in [0.29, 0.717) is 43.9 Å². The molecule has 2 aromatic rings. The Morgan fingerprint density at radius 1 is 1.06 bits per heavy atom. The lowest BCUT2D eigenvalue weighted by Crippen LogP contribution is -2.54. The third-order valence-corrected chi connectivity index (χ3v) is 5.24. The zero-order valence-electron chi connectivity index (χ0n) is 19.6. The van der Waals surface area contributed by atoms with Gasteiger partial charge in [0.05, 0.1) is 6.61 Å². The van der Waals surface area contributed by atoms with E-state index >= 15 is 0 Å². The summed E-state index contributed by atoms with van der Waals surface area (Å²) in [5.74, 6) is 0.578. The minimum absolute atomic E-state index is 0.0310. The van der Waals surface area contributed by atoms with Crippen molar-refractivity contribution in [3.05, 3.63) is 65.2 Å². The standard InChI is InChI=1S/C26H35ClN2O3/c1-5-23(25(31)28-26(2,3)4)29(18-17-20-10-7-6-8-11-20)24(30)12-9-19-32-22-15-13-21(27)14-16-22/h6-8,10-11,13-16,23H,5,9,12,17-19H2,1-4H3,(H,28,31). The third kappa shape index (κ3) is 8.91. The molecule has 174 valence electrons. The normalized spacial score (nSPS) is 12.2. The van der Waals surface area contributed by atoms with Crippen molar-refractivity contribution in [1.82, 2.24) is 10.2 Å². The average molecular weight is 459 g/mol. The molecule has 2 amide bonds. The Balaban J connectivity index is 2.01. The van der Waals surface area contributed by atoms with Crippen LogP contribution in [0.25, 0.3) is 0 Å². The van der Waals surface area contributed by atoms with E-state index < -0.39 is 6.04 Å². The molecule has 6 heteroatoms. The summed E-state index contributed by atoms with van der Waals surface area (Å²) in [6.45, 7) is 8.70. The molecule has 0 fully saturated rings. The molecule has 0 aliphatic rings. The summed E-state index contributed by atoms with van der Waals surface area (Å²) in [6, 6.07) is 16.7. The first-order chi connectivity index (χ1) is 15.2. The molecule has 0 radical (unpaired) electrons. The molecule has 2 aromatic carbocycles. The van der Waals surface area contributed by atoms with Gasteiger partial charge in [-0.25, -0.2) is 0 Å². The van der Waals surface area contributed by atoms with Gasteiger partial charge in [-0.2, -0.15) is 0 Å². The van der Waals surface area contributed by atoms with Gasteiger partial charge in [0.15, 0.2) is 0 Å². The molecule has 5 nitrogen and oxygen atoms in total. The Morgan fingerprint density at radius 2 is 1.72 bits per heavy atom. The van der Waals surface area contributed by atoms with Crippen LogP contribution in [-0.4, -0.2) is 41.4 Å². The van der Waals surface area contributed by atoms with Crippen LogP contribution in [0.2, 0.25) is 5.02 Å². The number of carbonyl (C=O) groups is 2. The number of rotatable bonds is 11. The second-order valence-corrected chi connectivity index (χ2v) is 9.33. The number of benzene rings is 2. The van der Waals surface area contributed by atoms with E-state index in [1.165, 1.54) is 0 Å². The summed E-state index contributed by atoms with van der Waals surface area (Å²) in [7, 11) is 0. The van der Waals surface area contributed by atoms with Crippen molar-refractivity contribution < 1.29 is 14.3 Å². The Hall–Kier alpha value is -2.53. The zero-order valence-corrected chi connectivity index (χ0v) is 20.3. The van der Waals surface area contributed by atoms with Crippen molar-refractivity contribution in [2.75, 3.05) is 13.2 Å². The molecule has 2 rings (SSSR count). The highest BCUT2D eigenvalue weighted by Gasteiger charge is 2.30. The van der Waals surface area contributed by atoms with Gasteiger partial charge in [-0.3, -0.25) is 9.59 Å². The van der Waals surface area contributed by atoms with Crippen LogP contribution < -0.4 is 10.1 Å². The number of nitrogens with one attached hydrogen (secondary N) is 1. The van der Waals surface area contributed by atoms with Gasteiger partial charge < -0.3 is 15.0 Å². The SMILES string of the molecule is CCC(C(=O)NC(C)(C)C)N(CCc1ccccc1)C(=O)CCCOc1ccc(Cl)cc1. The molecule has 0 saturated carbocycles. The van der Waals surface area contributed by atoms with Gasteiger partial charge in [0, 0.05) is 23.5 Å². The van der Waals surface area contributed by atoms with Crippen molar-refractivity contribution in [2.24, 2.45) is 0 Å². The quantitative estimate of drug-likeness (QED) is 0.467. The van der Waals surface area contributed by atoms with Crippen LogP contribution in [0.1, 0.15) is 52.5 Å². The van der Waals surface area contributed by atoms with E-state index in [0.717, 1.165) is 11.3 Å². The van der Waals surface area contributed by atoms with Crippen molar-refractivity contribution in [3.63, 3.8) is 0 Å². The van der Waals surface area contributed by atoms with Gasteiger partial charge >= 0.3 is 0 Å². The van der Waals surface area contributed by atoms with E-state index in [9.17, 15) is 9.59 Å². The van der Waals surface area contributed by atoms with Crippen molar-refractivity contribution in [2.45, 2.75) is 65.0 Å². The number of halogens is 1. The van der Waals surface area contributed by atoms with Crippen LogP contribution in [0.3, 0.4) is 0 Å². The van der Waals surface area contributed by atoms with E-state index in [1.807, 2.05) is 58.0 Å². The van der Waals surface area contributed by atoms with Gasteiger partial charge in [-0.1, -0.05) is 48.9 Å². The summed E-state index contributed by atoms with van der Waals surface area (Å²) in [4.78, 5) is 27.8. The first-order valence-corrected chi connectivity index (χ1v) is 11.6. The minimum Gasteiger partial charge on any atom is -0.494 e. The summed E-state index contributed by atoms with van der Waals surface area (Å²) < 4.78 is 5.71. The van der Waals surface area contributed by atoms with Crippen LogP contribution in [-0.2, 0) is 16.0 Å². The van der Waals surface area contributed by atoms with Crippen molar-refractivity contribution >= 4 is 23.4 Å². The molecule has 0 aliphatic carbocycles. The number of hydrogen-bond acceptors (Lipinski definition) is 3. The van der Waals surface area contributed by atoms with Gasteiger partial charge in [0.25, 0.3) is 0 Å². The first-order valence-electron chi connectivity index (χ1n) is 11.2. The molecule has 1 atom stereocenters. The Labute approximate surface area is 197 Å². The second kappa shape index (κ2) is 12.5. The van der Waals surface area contributed by atoms with Crippen molar-refractivity contribution in [3.8, 4) is 5.75 Å². The second-order valence-electron chi connectivity index (χ2n) is 8.89. The molecule has 0 saturated heterocycles. The molecular formula is C26H35ClN2O3. The molecule has 32 heavy (non-hydrogen) atoms. The molecule has 0 aliphatic heterocycles. The fourth-order valence-electron chi connectivity index (χ4n) is 3.44. The topological polar surface area (TPSA) is 58.6 Å². The summed E-state index contributed by atoms with van der Waals surface area (Å²) in [6.07, 6.45) is 2.15. The van der Waals surface area contributed by atoms with Gasteiger partial charge in [0.1, 0.15) is 11.8 Å². The lowest BCUT2D eigenvalue weighted by atomic mass is 10.0. The van der Waals surface area contributed by atoms with Crippen LogP contribution >= 0.6 is 11.6 Å². The number of amides is 2. The van der Waals surface area contributed by atoms with Gasteiger partial charge in [-0.05, 0) is 69.9 Å². The van der Waals surface area contributed by atoms with Crippen molar-refractivity contribution in [1.29, 1.82) is 0 Å². The lowest BCUT2D eigenvalue weighted by Gasteiger charge is -2.33. The molecule has 1 N–H and O–H groups in total. The van der Waals surface area contributed by atoms with Crippen LogP contribution in [0.15, 0.2) is 54.6 Å². The zero-order chi connectivity index (χ0) is 23.6. The fraction of sp³-hybridized carbons (Fsp3) is 0.462. The maximum absolute atomic E-state index is 13.2. The summed E-state index contributed by atoms with van der Waals surface area (Å²) >= 11 is 5.89. The minimum atomic E-state index is -0.498. The molecule has 0 aromatic heterocycles. The summed E-state index contributed by atoms with van der Waals surface area (Å²) in [5, 5.41) is 3.68. The van der Waals surface area contributed by atoms with Crippen LogP contribution in [0.4, 0.5) is 0 Å². The predicted molar refractivity (Wildman–Crippen MR) is 130 cm³/mol. The molecule has 0 heterocycles. The van der Waals surface area contributed by atoms with Gasteiger partial charge in [-0.15, -0.1) is 0 Å². The maximum Gasteiger partial charge on any atom is 0.243 e. The molecule has 0 spiro atoms. The Bertz CT molecular complexity index is 848. The highest BCUT2D eigenvalue weighted by atomic mass is 35.5. The van der Waals surface area contributed by atoms with E-state index in [1.54, 1.807) is 29.2 Å².